The molecule has 1 unspecified atom stereocenters. The lowest BCUT2D eigenvalue weighted by atomic mass is 10.2. The third-order valence-electron chi connectivity index (χ3n) is 2.64. The second kappa shape index (κ2) is 3.92. The normalized spacial score (nSPS) is 19.6. The van der Waals surface area contributed by atoms with E-state index in [2.05, 4.69) is 0 Å². The van der Waals surface area contributed by atoms with Gasteiger partial charge in [-0.3, -0.25) is 14.5 Å². The Bertz CT molecular complexity index is 283. The van der Waals surface area contributed by atoms with Gasteiger partial charge < -0.3 is 5.73 Å². The Morgan fingerprint density at radius 2 is 1.64 bits per heavy atom. The van der Waals surface area contributed by atoms with Crippen molar-refractivity contribution in [3.8, 4) is 0 Å². The highest BCUT2D eigenvalue weighted by Gasteiger charge is 2.33. The molecule has 0 aromatic heterocycles. The molecule has 1 aliphatic rings. The summed E-state index contributed by atoms with van der Waals surface area (Å²) >= 11 is 0. The molecule has 2 amide bonds. The molecule has 0 saturated heterocycles. The van der Waals surface area contributed by atoms with Gasteiger partial charge in [0.25, 0.3) is 11.8 Å². The summed E-state index contributed by atoms with van der Waals surface area (Å²) in [5.74, 6) is -0.396. The molecular formula is C10H16N2O2. The van der Waals surface area contributed by atoms with Crippen LogP contribution in [0.1, 0.15) is 27.2 Å². The Morgan fingerprint density at radius 3 is 2.00 bits per heavy atom. The van der Waals surface area contributed by atoms with Gasteiger partial charge >= 0.3 is 0 Å². The highest BCUT2D eigenvalue weighted by Crippen LogP contribution is 2.19. The van der Waals surface area contributed by atoms with Crippen LogP contribution in [0.2, 0.25) is 0 Å². The zero-order valence-corrected chi connectivity index (χ0v) is 8.83. The highest BCUT2D eigenvalue weighted by atomic mass is 16.2. The number of amides is 2. The van der Waals surface area contributed by atoms with Gasteiger partial charge in [0.2, 0.25) is 0 Å². The topological polar surface area (TPSA) is 63.4 Å². The van der Waals surface area contributed by atoms with E-state index < -0.39 is 0 Å². The lowest BCUT2D eigenvalue weighted by Gasteiger charge is -2.18. The molecule has 4 heteroatoms. The summed E-state index contributed by atoms with van der Waals surface area (Å²) in [6.45, 7) is 5.60. The van der Waals surface area contributed by atoms with E-state index in [0.29, 0.717) is 17.7 Å². The number of hydrogen-bond acceptors (Lipinski definition) is 3. The number of rotatable bonds is 3. The zero-order chi connectivity index (χ0) is 10.9. The third-order valence-corrected chi connectivity index (χ3v) is 2.64. The molecule has 1 atom stereocenters. The molecule has 0 aliphatic carbocycles. The van der Waals surface area contributed by atoms with Gasteiger partial charge in [0, 0.05) is 23.7 Å². The maximum Gasteiger partial charge on any atom is 0.256 e. The quantitative estimate of drug-likeness (QED) is 0.666. The molecule has 2 N–H and O–H groups in total. The van der Waals surface area contributed by atoms with Gasteiger partial charge in [-0.15, -0.1) is 0 Å². The molecular weight excluding hydrogens is 180 g/mol. The van der Waals surface area contributed by atoms with E-state index in [9.17, 15) is 9.59 Å². The molecule has 78 valence electrons. The predicted molar refractivity (Wildman–Crippen MR) is 53.4 cm³/mol. The highest BCUT2D eigenvalue weighted by molar-refractivity contribution is 6.18. The number of nitrogens with two attached hydrogens (primary N) is 1. The summed E-state index contributed by atoms with van der Waals surface area (Å²) in [4.78, 5) is 24.4. The lowest BCUT2D eigenvalue weighted by molar-refractivity contribution is -0.137. The first-order chi connectivity index (χ1) is 6.49. The van der Waals surface area contributed by atoms with E-state index in [1.807, 2.05) is 6.92 Å². The Morgan fingerprint density at radius 1 is 1.21 bits per heavy atom. The number of imide groups is 1. The van der Waals surface area contributed by atoms with E-state index in [1.165, 1.54) is 4.90 Å². The summed E-state index contributed by atoms with van der Waals surface area (Å²) in [5.41, 5.74) is 6.78. The average Bonchev–Trinajstić information content (AvgIpc) is 2.35. The largest absolute Gasteiger partial charge is 0.326 e. The van der Waals surface area contributed by atoms with Crippen LogP contribution in [0, 0.1) is 0 Å². The van der Waals surface area contributed by atoms with Crippen LogP contribution in [0.3, 0.4) is 0 Å². The van der Waals surface area contributed by atoms with Gasteiger partial charge in [-0.2, -0.15) is 0 Å². The van der Waals surface area contributed by atoms with Crippen LogP contribution in [0.25, 0.3) is 0 Å². The van der Waals surface area contributed by atoms with Crippen molar-refractivity contribution in [3.05, 3.63) is 11.1 Å². The minimum atomic E-state index is -0.198. The fraction of sp³-hybridized carbons (Fsp3) is 0.600. The van der Waals surface area contributed by atoms with Gasteiger partial charge in [-0.05, 0) is 20.3 Å². The molecule has 0 aromatic carbocycles. The van der Waals surface area contributed by atoms with Crippen LogP contribution in [0.5, 0.6) is 0 Å². The first-order valence-corrected chi connectivity index (χ1v) is 4.78. The van der Waals surface area contributed by atoms with Gasteiger partial charge in [0.15, 0.2) is 0 Å². The molecule has 0 radical (unpaired) electrons. The van der Waals surface area contributed by atoms with Crippen LogP contribution >= 0.6 is 0 Å². The van der Waals surface area contributed by atoms with Crippen molar-refractivity contribution in [2.75, 3.05) is 6.54 Å². The second-order valence-electron chi connectivity index (χ2n) is 3.64. The minimum Gasteiger partial charge on any atom is -0.326 e. The Labute approximate surface area is 83.8 Å². The number of carbonyl (C=O) groups excluding carboxylic acids is 2. The van der Waals surface area contributed by atoms with Crippen LogP contribution < -0.4 is 5.73 Å². The van der Waals surface area contributed by atoms with E-state index >= 15 is 0 Å². The monoisotopic (exact) mass is 196 g/mol. The van der Waals surface area contributed by atoms with Crippen LogP contribution in [0.4, 0.5) is 0 Å². The molecule has 0 fully saturated rings. The fourth-order valence-electron chi connectivity index (χ4n) is 1.35. The zero-order valence-electron chi connectivity index (χ0n) is 8.83. The van der Waals surface area contributed by atoms with Crippen molar-refractivity contribution in [1.29, 1.82) is 0 Å². The maximum absolute atomic E-state index is 11.6. The molecule has 1 heterocycles. The fourth-order valence-corrected chi connectivity index (χ4v) is 1.35. The van der Waals surface area contributed by atoms with E-state index in [4.69, 9.17) is 5.73 Å². The smallest absolute Gasteiger partial charge is 0.256 e. The summed E-state index contributed by atoms with van der Waals surface area (Å²) < 4.78 is 0. The average molecular weight is 196 g/mol. The van der Waals surface area contributed by atoms with Crippen LogP contribution in [-0.4, -0.2) is 29.3 Å². The minimum absolute atomic E-state index is 0.124. The van der Waals surface area contributed by atoms with Crippen molar-refractivity contribution < 1.29 is 9.59 Å². The van der Waals surface area contributed by atoms with Crippen molar-refractivity contribution >= 4 is 11.8 Å². The molecule has 0 bridgehead atoms. The number of carbonyl (C=O) groups is 2. The van der Waals surface area contributed by atoms with Crippen LogP contribution in [0.15, 0.2) is 11.1 Å². The molecule has 14 heavy (non-hydrogen) atoms. The SMILES string of the molecule is CCC(N)CN1C(=O)C(C)=C(C)C1=O. The van der Waals surface area contributed by atoms with E-state index in [-0.39, 0.29) is 17.9 Å². The van der Waals surface area contributed by atoms with E-state index in [0.717, 1.165) is 6.42 Å². The number of hydrogen-bond donors (Lipinski definition) is 1. The third kappa shape index (κ3) is 1.70. The Balaban J connectivity index is 2.77. The Kier molecular flexibility index (Phi) is 3.06. The molecule has 0 aromatic rings. The van der Waals surface area contributed by atoms with Crippen LogP contribution in [-0.2, 0) is 9.59 Å². The predicted octanol–water partition coefficient (Wildman–Crippen LogP) is 0.429. The standard InChI is InChI=1S/C10H16N2O2/c1-4-8(11)5-12-9(13)6(2)7(3)10(12)14/h8H,4-5,11H2,1-3H3. The number of nitrogens with zero attached hydrogens (tertiary/aromatic N) is 1. The van der Waals surface area contributed by atoms with Gasteiger partial charge in [0.05, 0.1) is 0 Å². The van der Waals surface area contributed by atoms with E-state index in [1.54, 1.807) is 13.8 Å². The second-order valence-corrected chi connectivity index (χ2v) is 3.64. The van der Waals surface area contributed by atoms with Crippen molar-refractivity contribution in [1.82, 2.24) is 4.90 Å². The maximum atomic E-state index is 11.6. The first kappa shape index (κ1) is 10.9. The first-order valence-electron chi connectivity index (χ1n) is 4.78. The molecule has 1 rings (SSSR count). The molecule has 4 nitrogen and oxygen atoms in total. The van der Waals surface area contributed by atoms with Crippen molar-refractivity contribution in [2.45, 2.75) is 33.2 Å². The summed E-state index contributed by atoms with van der Waals surface area (Å²) in [6.07, 6.45) is 0.759. The van der Waals surface area contributed by atoms with Gasteiger partial charge in [-0.25, -0.2) is 0 Å². The lowest BCUT2D eigenvalue weighted by Crippen LogP contribution is -2.41. The summed E-state index contributed by atoms with van der Waals surface area (Å²) in [5, 5.41) is 0. The Hall–Kier alpha value is -1.16. The van der Waals surface area contributed by atoms with Gasteiger partial charge in [0.1, 0.15) is 0 Å². The molecule has 0 saturated carbocycles. The summed E-state index contributed by atoms with van der Waals surface area (Å²) in [6, 6.07) is -0.124. The molecule has 0 spiro atoms. The summed E-state index contributed by atoms with van der Waals surface area (Å²) in [7, 11) is 0. The van der Waals surface area contributed by atoms with Crippen molar-refractivity contribution in [2.24, 2.45) is 5.73 Å². The van der Waals surface area contributed by atoms with Crippen molar-refractivity contribution in [3.63, 3.8) is 0 Å². The van der Waals surface area contributed by atoms with Gasteiger partial charge in [-0.1, -0.05) is 6.92 Å². The molecule has 1 aliphatic heterocycles.